The number of aromatic nitrogens is 1. The van der Waals surface area contributed by atoms with Crippen LogP contribution in [0.5, 0.6) is 5.75 Å². The lowest BCUT2D eigenvalue weighted by Crippen LogP contribution is -1.99. The zero-order chi connectivity index (χ0) is 15.9. The zero-order valence-electron chi connectivity index (χ0n) is 12.8. The molecule has 2 aromatic carbocycles. The van der Waals surface area contributed by atoms with Gasteiger partial charge in [0, 0.05) is 10.9 Å². The molecule has 3 rings (SSSR count). The van der Waals surface area contributed by atoms with Gasteiger partial charge in [-0.25, -0.2) is 4.98 Å². The molecule has 3 aromatic rings. The minimum atomic E-state index is 0.533. The Kier molecular flexibility index (Phi) is 5.01. The van der Waals surface area contributed by atoms with Gasteiger partial charge in [0.1, 0.15) is 12.4 Å². The molecule has 0 saturated carbocycles. The van der Waals surface area contributed by atoms with Crippen molar-refractivity contribution >= 4 is 22.7 Å². The quantitative estimate of drug-likeness (QED) is 0.537. The number of anilines is 1. The lowest BCUT2D eigenvalue weighted by atomic mass is 10.2. The largest absolute Gasteiger partial charge is 0.488 e. The van der Waals surface area contributed by atoms with Gasteiger partial charge < -0.3 is 4.74 Å². The summed E-state index contributed by atoms with van der Waals surface area (Å²) >= 11 is 1.53. The smallest absolute Gasteiger partial charge is 0.203 e. The Hall–Kier alpha value is -2.66. The Morgan fingerprint density at radius 2 is 1.91 bits per heavy atom. The monoisotopic (exact) mass is 323 g/mol. The Labute approximate surface area is 139 Å². The van der Waals surface area contributed by atoms with Gasteiger partial charge in [0.15, 0.2) is 0 Å². The van der Waals surface area contributed by atoms with E-state index in [0.29, 0.717) is 6.61 Å². The first kappa shape index (κ1) is 15.2. The maximum atomic E-state index is 5.90. The minimum absolute atomic E-state index is 0.533. The van der Waals surface area contributed by atoms with Gasteiger partial charge in [-0.15, -0.1) is 11.3 Å². The average molecular weight is 323 g/mol. The maximum Gasteiger partial charge on any atom is 0.203 e. The van der Waals surface area contributed by atoms with Crippen molar-refractivity contribution in [1.82, 2.24) is 4.98 Å². The zero-order valence-corrected chi connectivity index (χ0v) is 13.6. The molecular weight excluding hydrogens is 306 g/mol. The van der Waals surface area contributed by atoms with Crippen LogP contribution in [0.2, 0.25) is 0 Å². The number of hydrogen-bond donors (Lipinski definition) is 1. The number of nitrogens with one attached hydrogen (secondary N) is 1. The summed E-state index contributed by atoms with van der Waals surface area (Å²) in [7, 11) is 0. The number of hydrogen-bond acceptors (Lipinski definition) is 5. The van der Waals surface area contributed by atoms with Gasteiger partial charge in [-0.05, 0) is 24.6 Å². The van der Waals surface area contributed by atoms with Crippen molar-refractivity contribution in [2.24, 2.45) is 5.10 Å². The number of thiazole rings is 1. The lowest BCUT2D eigenvalue weighted by Gasteiger charge is -2.08. The Bertz CT molecular complexity index is 784. The normalized spacial score (nSPS) is 10.8. The predicted octanol–water partition coefficient (Wildman–Crippen LogP) is 4.48. The molecule has 1 heterocycles. The molecule has 116 valence electrons. The number of benzene rings is 2. The van der Waals surface area contributed by atoms with E-state index in [1.165, 1.54) is 11.3 Å². The molecule has 1 N–H and O–H groups in total. The van der Waals surface area contributed by atoms with Crippen molar-refractivity contribution in [3.63, 3.8) is 0 Å². The van der Waals surface area contributed by atoms with Crippen LogP contribution in [0, 0.1) is 6.92 Å². The molecule has 4 nitrogen and oxygen atoms in total. The number of rotatable bonds is 6. The van der Waals surface area contributed by atoms with Crippen LogP contribution in [0.25, 0.3) is 0 Å². The second-order valence-corrected chi connectivity index (χ2v) is 5.83. The molecule has 0 saturated heterocycles. The molecule has 0 fully saturated rings. The molecule has 0 bridgehead atoms. The van der Waals surface area contributed by atoms with Crippen LogP contribution in [0.4, 0.5) is 5.13 Å². The van der Waals surface area contributed by atoms with E-state index < -0.39 is 0 Å². The first-order valence-corrected chi connectivity index (χ1v) is 8.16. The highest BCUT2D eigenvalue weighted by atomic mass is 32.1. The third-order valence-corrected chi connectivity index (χ3v) is 4.00. The number of aryl methyl sites for hydroxylation is 1. The van der Waals surface area contributed by atoms with Gasteiger partial charge in [0.05, 0.1) is 11.9 Å². The van der Waals surface area contributed by atoms with E-state index in [9.17, 15) is 0 Å². The van der Waals surface area contributed by atoms with Gasteiger partial charge in [-0.3, -0.25) is 5.43 Å². The van der Waals surface area contributed by atoms with E-state index in [1.807, 2.05) is 66.9 Å². The lowest BCUT2D eigenvalue weighted by molar-refractivity contribution is 0.306. The fourth-order valence-electron chi connectivity index (χ4n) is 2.02. The number of para-hydroxylation sites is 1. The molecule has 23 heavy (non-hydrogen) atoms. The summed E-state index contributed by atoms with van der Waals surface area (Å²) in [6, 6.07) is 17.9. The van der Waals surface area contributed by atoms with Crippen molar-refractivity contribution in [2.75, 3.05) is 5.43 Å². The number of ether oxygens (including phenoxy) is 1. The van der Waals surface area contributed by atoms with E-state index in [1.54, 1.807) is 6.21 Å². The van der Waals surface area contributed by atoms with Gasteiger partial charge in [0.25, 0.3) is 0 Å². The van der Waals surface area contributed by atoms with E-state index in [-0.39, 0.29) is 0 Å². The minimum Gasteiger partial charge on any atom is -0.488 e. The van der Waals surface area contributed by atoms with Crippen LogP contribution in [0.15, 0.2) is 65.1 Å². The van der Waals surface area contributed by atoms with Gasteiger partial charge in [-0.1, -0.05) is 42.5 Å². The first-order chi connectivity index (χ1) is 11.3. The topological polar surface area (TPSA) is 46.5 Å². The Balaban J connectivity index is 1.65. The molecule has 0 amide bonds. The molecule has 0 spiro atoms. The van der Waals surface area contributed by atoms with Crippen molar-refractivity contribution in [2.45, 2.75) is 13.5 Å². The summed E-state index contributed by atoms with van der Waals surface area (Å²) in [5, 5.41) is 6.99. The molecule has 1 aromatic heterocycles. The molecule has 5 heteroatoms. The predicted molar refractivity (Wildman–Crippen MR) is 95.3 cm³/mol. The standard InChI is InChI=1S/C18H17N3OS/c1-14-13-23-18(20-14)21-19-11-16-9-5-6-10-17(16)22-12-15-7-3-2-4-8-15/h2-11,13H,12H2,1H3,(H,20,21)/b19-11+. The summed E-state index contributed by atoms with van der Waals surface area (Å²) in [5.41, 5.74) is 5.98. The number of nitrogens with zero attached hydrogens (tertiary/aromatic N) is 2. The van der Waals surface area contributed by atoms with Crippen LogP contribution in [-0.2, 0) is 6.61 Å². The third-order valence-electron chi connectivity index (χ3n) is 3.14. The molecule has 0 aliphatic carbocycles. The second-order valence-electron chi connectivity index (χ2n) is 4.98. The van der Waals surface area contributed by atoms with Gasteiger partial charge in [-0.2, -0.15) is 5.10 Å². The van der Waals surface area contributed by atoms with Crippen molar-refractivity contribution in [3.05, 3.63) is 76.8 Å². The van der Waals surface area contributed by atoms with Crippen molar-refractivity contribution < 1.29 is 4.74 Å². The molecule has 0 unspecified atom stereocenters. The summed E-state index contributed by atoms with van der Waals surface area (Å²) in [6.45, 7) is 2.49. The van der Waals surface area contributed by atoms with E-state index in [4.69, 9.17) is 4.74 Å². The van der Waals surface area contributed by atoms with Gasteiger partial charge in [0.2, 0.25) is 5.13 Å². The highest BCUT2D eigenvalue weighted by Gasteiger charge is 2.01. The van der Waals surface area contributed by atoms with Gasteiger partial charge >= 0.3 is 0 Å². The molecule has 0 atom stereocenters. The molecule has 0 aliphatic heterocycles. The SMILES string of the molecule is Cc1csc(N/N=C/c2ccccc2OCc2ccccc2)n1. The van der Waals surface area contributed by atoms with E-state index in [0.717, 1.165) is 27.7 Å². The average Bonchev–Trinajstić information content (AvgIpc) is 3.00. The molecule has 0 aliphatic rings. The molecular formula is C18H17N3OS. The Morgan fingerprint density at radius 1 is 1.13 bits per heavy atom. The van der Waals surface area contributed by atoms with Crippen LogP contribution in [0.3, 0.4) is 0 Å². The highest BCUT2D eigenvalue weighted by molar-refractivity contribution is 7.13. The van der Waals surface area contributed by atoms with Crippen LogP contribution >= 0.6 is 11.3 Å². The summed E-state index contributed by atoms with van der Waals surface area (Å²) < 4.78 is 5.90. The molecule has 0 radical (unpaired) electrons. The second kappa shape index (κ2) is 7.56. The van der Waals surface area contributed by atoms with Crippen molar-refractivity contribution in [1.29, 1.82) is 0 Å². The maximum absolute atomic E-state index is 5.90. The van der Waals surface area contributed by atoms with Crippen LogP contribution in [0.1, 0.15) is 16.8 Å². The Morgan fingerprint density at radius 3 is 2.70 bits per heavy atom. The van der Waals surface area contributed by atoms with Crippen LogP contribution < -0.4 is 10.2 Å². The summed E-state index contributed by atoms with van der Waals surface area (Å²) in [5.74, 6) is 0.803. The number of hydrazone groups is 1. The van der Waals surface area contributed by atoms with E-state index >= 15 is 0 Å². The third kappa shape index (κ3) is 4.40. The van der Waals surface area contributed by atoms with E-state index in [2.05, 4.69) is 15.5 Å². The summed E-state index contributed by atoms with van der Waals surface area (Å²) in [6.07, 6.45) is 1.75. The first-order valence-electron chi connectivity index (χ1n) is 7.28. The summed E-state index contributed by atoms with van der Waals surface area (Å²) in [4.78, 5) is 4.30. The van der Waals surface area contributed by atoms with Crippen LogP contribution in [-0.4, -0.2) is 11.2 Å². The fourth-order valence-corrected chi connectivity index (χ4v) is 2.65. The fraction of sp³-hybridized carbons (Fsp3) is 0.111. The van der Waals surface area contributed by atoms with Crippen molar-refractivity contribution in [3.8, 4) is 5.75 Å². The highest BCUT2D eigenvalue weighted by Crippen LogP contribution is 2.18.